The molecule has 37 heavy (non-hydrogen) atoms. The van der Waals surface area contributed by atoms with Crippen LogP contribution in [0.25, 0.3) is 0 Å². The summed E-state index contributed by atoms with van der Waals surface area (Å²) >= 11 is 0. The smallest absolute Gasteiger partial charge is 0.242 e. The van der Waals surface area contributed by atoms with E-state index in [0.717, 1.165) is 5.56 Å². The van der Waals surface area contributed by atoms with Crippen molar-refractivity contribution >= 4 is 22.1 Å². The van der Waals surface area contributed by atoms with E-state index in [0.29, 0.717) is 35.5 Å². The van der Waals surface area contributed by atoms with Crippen LogP contribution in [0.2, 0.25) is 0 Å². The molecule has 3 aromatic carbocycles. The Morgan fingerprint density at radius 3 is 2.49 bits per heavy atom. The van der Waals surface area contributed by atoms with Gasteiger partial charge in [0.2, 0.25) is 15.9 Å². The fraction of sp³-hybridized carbons (Fsp3) is 0.214. The van der Waals surface area contributed by atoms with Crippen LogP contribution in [0, 0.1) is 6.92 Å². The zero-order chi connectivity index (χ0) is 26.8. The maximum absolute atomic E-state index is 13.0. The van der Waals surface area contributed by atoms with E-state index in [1.54, 1.807) is 54.6 Å². The third kappa shape index (κ3) is 7.77. The van der Waals surface area contributed by atoms with Gasteiger partial charge in [-0.2, -0.15) is 5.10 Å². The first kappa shape index (κ1) is 27.6. The molecule has 0 spiro atoms. The fourth-order valence-corrected chi connectivity index (χ4v) is 4.86. The van der Waals surface area contributed by atoms with E-state index in [9.17, 15) is 18.3 Å². The van der Waals surface area contributed by atoms with Gasteiger partial charge >= 0.3 is 0 Å². The highest BCUT2D eigenvalue weighted by Gasteiger charge is 2.23. The number of nitrogens with one attached hydrogen (secondary N) is 2. The molecule has 0 radical (unpaired) electrons. The zero-order valence-electron chi connectivity index (χ0n) is 20.8. The molecule has 194 valence electrons. The molecule has 3 aromatic rings. The summed E-state index contributed by atoms with van der Waals surface area (Å²) in [4.78, 5) is 12.9. The number of hydrogen-bond donors (Lipinski definition) is 3. The van der Waals surface area contributed by atoms with Crippen LogP contribution in [-0.2, 0) is 21.2 Å². The predicted molar refractivity (Wildman–Crippen MR) is 144 cm³/mol. The second kappa shape index (κ2) is 12.8. The number of aryl methyl sites for hydroxylation is 1. The molecular weight excluding hydrogens is 490 g/mol. The normalized spacial score (nSPS) is 12.3. The van der Waals surface area contributed by atoms with Gasteiger partial charge in [0.1, 0.15) is 0 Å². The van der Waals surface area contributed by atoms with Crippen molar-refractivity contribution in [3.8, 4) is 11.5 Å². The number of hydrogen-bond acceptors (Lipinski definition) is 6. The van der Waals surface area contributed by atoms with Crippen LogP contribution in [0.4, 0.5) is 0 Å². The van der Waals surface area contributed by atoms with Gasteiger partial charge in [-0.3, -0.25) is 4.79 Å². The summed E-state index contributed by atoms with van der Waals surface area (Å²) in [5, 5.41) is 14.4. The van der Waals surface area contributed by atoms with Crippen LogP contribution in [0.15, 0.2) is 89.4 Å². The number of rotatable bonds is 12. The van der Waals surface area contributed by atoms with Gasteiger partial charge in [0, 0.05) is 12.0 Å². The standard InChI is InChI=1S/C28H31N3O5S/c1-4-9-23-16-21(17-26(28(23)33)36-5-2)19-29-30-27(32)18-25(22-10-7-6-8-11-22)31-37(34,35)24-14-12-20(3)13-15-24/h4,6-8,10-17,19,25,31,33H,1,5,9,18H2,2-3H3,(H,30,32)/b29-19-/t25-/m0/s1. The molecular formula is C28H31N3O5S. The third-order valence-electron chi connectivity index (χ3n) is 5.46. The van der Waals surface area contributed by atoms with Crippen LogP contribution >= 0.6 is 0 Å². The van der Waals surface area contributed by atoms with Crippen molar-refractivity contribution < 1.29 is 23.1 Å². The summed E-state index contributed by atoms with van der Waals surface area (Å²) in [5.74, 6) is -0.134. The monoisotopic (exact) mass is 521 g/mol. The Labute approximate surface area is 217 Å². The Hall–Kier alpha value is -3.95. The number of benzene rings is 3. The number of ether oxygens (including phenoxy) is 1. The topological polar surface area (TPSA) is 117 Å². The Balaban J connectivity index is 1.76. The van der Waals surface area contributed by atoms with Crippen molar-refractivity contribution in [2.45, 2.75) is 37.6 Å². The van der Waals surface area contributed by atoms with Crippen LogP contribution in [0.5, 0.6) is 11.5 Å². The van der Waals surface area contributed by atoms with Gasteiger partial charge in [0.25, 0.3) is 0 Å². The lowest BCUT2D eigenvalue weighted by Gasteiger charge is -2.18. The van der Waals surface area contributed by atoms with Crippen molar-refractivity contribution in [2.75, 3.05) is 6.61 Å². The quantitative estimate of drug-likeness (QED) is 0.186. The minimum absolute atomic E-state index is 0.0366. The summed E-state index contributed by atoms with van der Waals surface area (Å²) in [5.41, 5.74) is 5.26. The molecule has 0 aliphatic heterocycles. The lowest BCUT2D eigenvalue weighted by molar-refractivity contribution is -0.121. The Kier molecular flexibility index (Phi) is 9.59. The van der Waals surface area contributed by atoms with Crippen molar-refractivity contribution in [1.29, 1.82) is 0 Å². The number of carbonyl (C=O) groups excluding carboxylic acids is 1. The Bertz CT molecular complexity index is 1350. The first-order valence-corrected chi connectivity index (χ1v) is 13.3. The molecule has 8 nitrogen and oxygen atoms in total. The number of amides is 1. The van der Waals surface area contributed by atoms with Crippen LogP contribution in [0.1, 0.15) is 41.6 Å². The SMILES string of the molecule is C=CCc1cc(/C=N\NC(=O)C[C@H](NS(=O)(=O)c2ccc(C)cc2)c2ccccc2)cc(OCC)c1O. The number of sulfonamides is 1. The van der Waals surface area contributed by atoms with E-state index in [2.05, 4.69) is 21.8 Å². The molecule has 1 atom stereocenters. The molecule has 0 fully saturated rings. The first-order chi connectivity index (χ1) is 17.7. The maximum atomic E-state index is 13.0. The molecule has 0 saturated heterocycles. The molecule has 0 aliphatic carbocycles. The van der Waals surface area contributed by atoms with Crippen molar-refractivity contribution in [3.05, 3.63) is 102 Å². The van der Waals surface area contributed by atoms with Gasteiger partial charge in [-0.25, -0.2) is 18.6 Å². The first-order valence-electron chi connectivity index (χ1n) is 11.8. The number of hydrazone groups is 1. The number of aromatic hydroxyl groups is 1. The number of carbonyl (C=O) groups is 1. The summed E-state index contributed by atoms with van der Waals surface area (Å²) in [6.07, 6.45) is 3.35. The average molecular weight is 522 g/mol. The predicted octanol–water partition coefficient (Wildman–Crippen LogP) is 4.39. The van der Waals surface area contributed by atoms with Gasteiger partial charge in [-0.05, 0) is 55.7 Å². The molecule has 0 heterocycles. The largest absolute Gasteiger partial charge is 0.504 e. The van der Waals surface area contributed by atoms with Gasteiger partial charge in [-0.1, -0.05) is 54.1 Å². The lowest BCUT2D eigenvalue weighted by Crippen LogP contribution is -2.32. The number of phenolic OH excluding ortho intramolecular Hbond substituents is 1. The van der Waals surface area contributed by atoms with Crippen molar-refractivity contribution in [3.63, 3.8) is 0 Å². The van der Waals surface area contributed by atoms with E-state index in [-0.39, 0.29) is 17.1 Å². The van der Waals surface area contributed by atoms with Gasteiger partial charge in [-0.15, -0.1) is 6.58 Å². The highest BCUT2D eigenvalue weighted by molar-refractivity contribution is 7.89. The van der Waals surface area contributed by atoms with Gasteiger partial charge in [0.15, 0.2) is 11.5 Å². The van der Waals surface area contributed by atoms with Crippen molar-refractivity contribution in [1.82, 2.24) is 10.1 Å². The van der Waals surface area contributed by atoms with E-state index >= 15 is 0 Å². The molecule has 1 amide bonds. The summed E-state index contributed by atoms with van der Waals surface area (Å²) in [6, 6.07) is 17.9. The van der Waals surface area contributed by atoms with E-state index in [1.165, 1.54) is 18.3 Å². The molecule has 3 rings (SSSR count). The summed E-state index contributed by atoms with van der Waals surface area (Å²) in [7, 11) is -3.87. The van der Waals surface area contributed by atoms with E-state index in [4.69, 9.17) is 4.74 Å². The second-order valence-electron chi connectivity index (χ2n) is 8.35. The molecule has 0 saturated carbocycles. The third-order valence-corrected chi connectivity index (χ3v) is 6.95. The van der Waals surface area contributed by atoms with Crippen LogP contribution in [0.3, 0.4) is 0 Å². The molecule has 0 aliphatic rings. The lowest BCUT2D eigenvalue weighted by atomic mass is 10.0. The van der Waals surface area contributed by atoms with E-state index < -0.39 is 22.0 Å². The fourth-order valence-electron chi connectivity index (χ4n) is 3.64. The van der Waals surface area contributed by atoms with Gasteiger partial charge in [0.05, 0.1) is 23.8 Å². The second-order valence-corrected chi connectivity index (χ2v) is 10.1. The average Bonchev–Trinajstić information content (AvgIpc) is 2.87. The van der Waals surface area contributed by atoms with Crippen molar-refractivity contribution in [2.24, 2.45) is 5.10 Å². The van der Waals surface area contributed by atoms with Gasteiger partial charge < -0.3 is 9.84 Å². The highest BCUT2D eigenvalue weighted by atomic mass is 32.2. The molecule has 0 aromatic heterocycles. The Morgan fingerprint density at radius 2 is 1.84 bits per heavy atom. The molecule has 3 N–H and O–H groups in total. The van der Waals surface area contributed by atoms with Crippen LogP contribution in [-0.4, -0.2) is 32.3 Å². The minimum Gasteiger partial charge on any atom is -0.504 e. The molecule has 9 heteroatoms. The maximum Gasteiger partial charge on any atom is 0.242 e. The summed E-state index contributed by atoms with van der Waals surface area (Å²) in [6.45, 7) is 7.75. The number of phenols is 1. The van der Waals surface area contributed by atoms with Crippen LogP contribution < -0.4 is 14.9 Å². The highest BCUT2D eigenvalue weighted by Crippen LogP contribution is 2.32. The molecule has 0 unspecified atom stereocenters. The zero-order valence-corrected chi connectivity index (χ0v) is 21.7. The molecule has 0 bridgehead atoms. The number of allylic oxidation sites excluding steroid dienone is 1. The minimum atomic E-state index is -3.87. The number of nitrogens with zero attached hydrogens (tertiary/aromatic N) is 1. The summed E-state index contributed by atoms with van der Waals surface area (Å²) < 4.78 is 34.1. The Morgan fingerprint density at radius 1 is 1.14 bits per heavy atom. The van der Waals surface area contributed by atoms with E-state index in [1.807, 2.05) is 19.9 Å².